The van der Waals surface area contributed by atoms with Crippen molar-refractivity contribution in [2.24, 2.45) is 28.6 Å². The summed E-state index contributed by atoms with van der Waals surface area (Å²) in [7, 11) is 0. The van der Waals surface area contributed by atoms with Crippen LogP contribution in [0, 0.1) is 28.6 Å². The summed E-state index contributed by atoms with van der Waals surface area (Å²) in [5.74, 6) is 1.14. The van der Waals surface area contributed by atoms with Gasteiger partial charge in [0.25, 0.3) is 0 Å². The van der Waals surface area contributed by atoms with Gasteiger partial charge in [-0.3, -0.25) is 14.4 Å². The molecule has 0 saturated heterocycles. The molecule has 4 aliphatic rings. The van der Waals surface area contributed by atoms with Crippen molar-refractivity contribution in [2.45, 2.75) is 71.8 Å². The Labute approximate surface area is 149 Å². The van der Waals surface area contributed by atoms with Crippen LogP contribution in [0.15, 0.2) is 11.6 Å². The van der Waals surface area contributed by atoms with Gasteiger partial charge in [-0.1, -0.05) is 19.4 Å². The molecule has 6 atom stereocenters. The molecule has 0 aromatic heterocycles. The van der Waals surface area contributed by atoms with Crippen molar-refractivity contribution in [3.8, 4) is 0 Å². The van der Waals surface area contributed by atoms with Crippen LogP contribution in [0.3, 0.4) is 0 Å². The van der Waals surface area contributed by atoms with Crippen molar-refractivity contribution in [3.05, 3.63) is 11.6 Å². The summed E-state index contributed by atoms with van der Waals surface area (Å²) in [5.41, 5.74) is 0.845. The first-order valence-corrected chi connectivity index (χ1v) is 9.69. The van der Waals surface area contributed by atoms with Crippen molar-refractivity contribution in [1.29, 1.82) is 0 Å². The average molecular weight is 344 g/mol. The Morgan fingerprint density at radius 1 is 1.16 bits per heavy atom. The lowest BCUT2D eigenvalue weighted by atomic mass is 9.47. The molecule has 0 bridgehead atoms. The zero-order chi connectivity index (χ0) is 18.0. The highest BCUT2D eigenvalue weighted by Gasteiger charge is 2.62. The van der Waals surface area contributed by atoms with Crippen molar-refractivity contribution in [2.75, 3.05) is 0 Å². The van der Waals surface area contributed by atoms with Gasteiger partial charge in [0.2, 0.25) is 0 Å². The smallest absolute Gasteiger partial charge is 0.302 e. The van der Waals surface area contributed by atoms with Gasteiger partial charge >= 0.3 is 5.97 Å². The first-order chi connectivity index (χ1) is 11.8. The third-order valence-corrected chi connectivity index (χ3v) is 7.87. The summed E-state index contributed by atoms with van der Waals surface area (Å²) in [6.07, 6.45) is 7.41. The molecule has 136 valence electrons. The maximum atomic E-state index is 13.3. The molecule has 4 aliphatic carbocycles. The molecule has 0 heterocycles. The minimum absolute atomic E-state index is 0.0368. The number of hydrogen-bond donors (Lipinski definition) is 0. The number of hydrogen-bond acceptors (Lipinski definition) is 4. The van der Waals surface area contributed by atoms with Crippen molar-refractivity contribution >= 4 is 17.5 Å². The van der Waals surface area contributed by atoms with Gasteiger partial charge in [0.1, 0.15) is 11.9 Å². The minimum atomic E-state index is -0.243. The number of allylic oxidation sites excluding steroid dienone is 1. The van der Waals surface area contributed by atoms with Gasteiger partial charge in [-0.25, -0.2) is 0 Å². The van der Waals surface area contributed by atoms with Gasteiger partial charge in [0.05, 0.1) is 0 Å². The Balaban J connectivity index is 1.69. The highest BCUT2D eigenvalue weighted by atomic mass is 16.5. The molecule has 0 spiro atoms. The second-order valence-corrected chi connectivity index (χ2v) is 9.16. The van der Waals surface area contributed by atoms with Crippen LogP contribution in [0.2, 0.25) is 0 Å². The lowest BCUT2D eigenvalue weighted by molar-refractivity contribution is -0.163. The number of carbonyl (C=O) groups is 3. The molecule has 4 nitrogen and oxygen atoms in total. The topological polar surface area (TPSA) is 60.4 Å². The van der Waals surface area contributed by atoms with Crippen LogP contribution < -0.4 is 0 Å². The lowest BCUT2D eigenvalue weighted by Gasteiger charge is -2.56. The third kappa shape index (κ3) is 2.36. The van der Waals surface area contributed by atoms with E-state index in [1.165, 1.54) is 12.5 Å². The summed E-state index contributed by atoms with van der Waals surface area (Å²) in [5, 5.41) is 0. The SMILES string of the molecule is CC(=O)OC1CC[C@H]2[C@@H]3CCC4=CC(=O)CCC4(C)[C@H]3C(=O)CC12C. The number of carbonyl (C=O) groups excluding carboxylic acids is 3. The predicted octanol–water partition coefficient (Wildman–Crippen LogP) is 3.63. The van der Waals surface area contributed by atoms with E-state index < -0.39 is 0 Å². The standard InChI is InChI=1S/C21H28O4/c1-12(22)25-18-7-6-16-15-5-4-13-10-14(23)8-9-20(13,2)19(15)17(24)11-21(16,18)3/h10,15-16,18-19H,4-9,11H2,1-3H3/t15-,16-,18?,19+,20?,21?/m0/s1. The number of ether oxygens (including phenoxy) is 1. The molecule has 3 fully saturated rings. The maximum absolute atomic E-state index is 13.3. The molecule has 0 aromatic rings. The Morgan fingerprint density at radius 3 is 2.64 bits per heavy atom. The van der Waals surface area contributed by atoms with Crippen LogP contribution in [-0.2, 0) is 19.1 Å². The van der Waals surface area contributed by atoms with Crippen LogP contribution in [0.4, 0.5) is 0 Å². The molecule has 25 heavy (non-hydrogen) atoms. The van der Waals surface area contributed by atoms with Gasteiger partial charge < -0.3 is 4.74 Å². The van der Waals surface area contributed by atoms with E-state index in [0.29, 0.717) is 30.5 Å². The summed E-state index contributed by atoms with van der Waals surface area (Å²) in [6.45, 7) is 5.83. The maximum Gasteiger partial charge on any atom is 0.302 e. The Hall–Kier alpha value is -1.45. The van der Waals surface area contributed by atoms with Gasteiger partial charge in [0, 0.05) is 31.1 Å². The number of fused-ring (bicyclic) bond motifs is 5. The van der Waals surface area contributed by atoms with Crippen molar-refractivity contribution in [1.82, 2.24) is 0 Å². The van der Waals surface area contributed by atoms with E-state index in [1.54, 1.807) is 0 Å². The van der Waals surface area contributed by atoms with E-state index in [4.69, 9.17) is 4.74 Å². The zero-order valence-corrected chi connectivity index (χ0v) is 15.5. The number of ketones is 2. The molecular formula is C21H28O4. The molecular weight excluding hydrogens is 316 g/mol. The number of rotatable bonds is 1. The Bertz CT molecular complexity index is 677. The van der Waals surface area contributed by atoms with E-state index in [0.717, 1.165) is 32.1 Å². The Kier molecular flexibility index (Phi) is 3.75. The second kappa shape index (κ2) is 5.52. The quantitative estimate of drug-likeness (QED) is 0.682. The largest absolute Gasteiger partial charge is 0.462 e. The monoisotopic (exact) mass is 344 g/mol. The Morgan fingerprint density at radius 2 is 1.92 bits per heavy atom. The van der Waals surface area contributed by atoms with Crippen LogP contribution in [-0.4, -0.2) is 23.6 Å². The predicted molar refractivity (Wildman–Crippen MR) is 92.7 cm³/mol. The fraction of sp³-hybridized carbons (Fsp3) is 0.762. The van der Waals surface area contributed by atoms with Gasteiger partial charge in [-0.05, 0) is 55.4 Å². The van der Waals surface area contributed by atoms with Crippen LogP contribution >= 0.6 is 0 Å². The van der Waals surface area contributed by atoms with Gasteiger partial charge in [0.15, 0.2) is 5.78 Å². The molecule has 4 heteroatoms. The van der Waals surface area contributed by atoms with Crippen LogP contribution in [0.1, 0.15) is 65.7 Å². The first kappa shape index (κ1) is 17.0. The normalized spacial score (nSPS) is 46.0. The summed E-state index contributed by atoms with van der Waals surface area (Å²) < 4.78 is 5.61. The van der Waals surface area contributed by atoms with E-state index in [-0.39, 0.29) is 34.6 Å². The highest BCUT2D eigenvalue weighted by molar-refractivity contribution is 5.93. The molecule has 0 radical (unpaired) electrons. The van der Waals surface area contributed by atoms with Gasteiger partial charge in [-0.15, -0.1) is 0 Å². The lowest BCUT2D eigenvalue weighted by Crippen LogP contribution is -2.55. The zero-order valence-electron chi connectivity index (χ0n) is 15.5. The fourth-order valence-electron chi connectivity index (χ4n) is 6.73. The van der Waals surface area contributed by atoms with E-state index in [2.05, 4.69) is 13.8 Å². The van der Waals surface area contributed by atoms with Crippen molar-refractivity contribution in [3.63, 3.8) is 0 Å². The third-order valence-electron chi connectivity index (χ3n) is 7.87. The minimum Gasteiger partial charge on any atom is -0.462 e. The summed E-state index contributed by atoms with van der Waals surface area (Å²) in [6, 6.07) is 0. The number of Topliss-reactive ketones (excluding diaryl/α,β-unsaturated/α-hetero) is 1. The molecule has 3 saturated carbocycles. The average Bonchev–Trinajstić information content (AvgIpc) is 2.83. The number of esters is 1. The molecule has 0 N–H and O–H groups in total. The molecule has 4 rings (SSSR count). The summed E-state index contributed by atoms with van der Waals surface area (Å²) >= 11 is 0. The van der Waals surface area contributed by atoms with Crippen LogP contribution in [0.5, 0.6) is 0 Å². The van der Waals surface area contributed by atoms with Crippen molar-refractivity contribution < 1.29 is 19.1 Å². The van der Waals surface area contributed by atoms with E-state index in [1.807, 2.05) is 6.08 Å². The summed E-state index contributed by atoms with van der Waals surface area (Å²) in [4.78, 5) is 36.7. The molecule has 0 amide bonds. The first-order valence-electron chi connectivity index (χ1n) is 9.69. The van der Waals surface area contributed by atoms with Gasteiger partial charge in [-0.2, -0.15) is 0 Å². The van der Waals surface area contributed by atoms with E-state index in [9.17, 15) is 14.4 Å². The fourth-order valence-corrected chi connectivity index (χ4v) is 6.73. The highest BCUT2D eigenvalue weighted by Crippen LogP contribution is 2.64. The van der Waals surface area contributed by atoms with Crippen LogP contribution in [0.25, 0.3) is 0 Å². The molecule has 0 aliphatic heterocycles. The molecule has 3 unspecified atom stereocenters. The second-order valence-electron chi connectivity index (χ2n) is 9.16. The van der Waals surface area contributed by atoms with E-state index >= 15 is 0 Å². The molecule has 0 aromatic carbocycles.